The molecule has 6 heteroatoms. The highest BCUT2D eigenvalue weighted by atomic mass is 32.1. The highest BCUT2D eigenvalue weighted by Crippen LogP contribution is 2.30. The Morgan fingerprint density at radius 2 is 1.86 bits per heavy atom. The molecule has 0 atom stereocenters. The van der Waals surface area contributed by atoms with Crippen molar-refractivity contribution in [3.05, 3.63) is 71.1 Å². The molecule has 2 aromatic carbocycles. The number of hydrogen-bond acceptors (Lipinski definition) is 4. The Bertz CT molecular complexity index is 950. The first-order chi connectivity index (χ1) is 13.6. The monoisotopic (exact) mass is 393 g/mol. The van der Waals surface area contributed by atoms with Gasteiger partial charge in [0.2, 0.25) is 5.91 Å². The Morgan fingerprint density at radius 1 is 1.07 bits per heavy atom. The first-order valence-electron chi connectivity index (χ1n) is 9.17. The van der Waals surface area contributed by atoms with Gasteiger partial charge in [0.15, 0.2) is 0 Å². The number of thiophene rings is 1. The molecule has 0 bridgehead atoms. The Balaban J connectivity index is 1.66. The second-order valence-electron chi connectivity index (χ2n) is 6.38. The maximum Gasteiger partial charge on any atom is 0.255 e. The number of rotatable bonds is 7. The molecule has 0 spiro atoms. The number of nitrogens with two attached hydrogens (primary N) is 1. The molecule has 0 saturated heterocycles. The summed E-state index contributed by atoms with van der Waals surface area (Å²) in [5.41, 5.74) is 9.72. The Labute approximate surface area is 168 Å². The summed E-state index contributed by atoms with van der Waals surface area (Å²) in [5, 5.41) is 7.68. The normalized spacial score (nSPS) is 10.5. The molecule has 0 aliphatic rings. The summed E-state index contributed by atoms with van der Waals surface area (Å²) < 4.78 is 0. The lowest BCUT2D eigenvalue weighted by Crippen LogP contribution is -2.22. The van der Waals surface area contributed by atoms with E-state index in [4.69, 9.17) is 5.73 Å². The average molecular weight is 394 g/mol. The van der Waals surface area contributed by atoms with E-state index in [-0.39, 0.29) is 11.8 Å². The minimum absolute atomic E-state index is 0.0328. The van der Waals surface area contributed by atoms with Crippen LogP contribution in [0.5, 0.6) is 0 Å². The molecule has 2 amide bonds. The van der Waals surface area contributed by atoms with Gasteiger partial charge in [-0.05, 0) is 60.2 Å². The summed E-state index contributed by atoms with van der Waals surface area (Å²) in [6, 6.07) is 16.9. The van der Waals surface area contributed by atoms with E-state index in [9.17, 15) is 9.59 Å². The minimum Gasteiger partial charge on any atom is -0.397 e. The van der Waals surface area contributed by atoms with Crippen LogP contribution >= 0.6 is 11.3 Å². The molecular formula is C22H23N3O2S. The van der Waals surface area contributed by atoms with Crippen LogP contribution < -0.4 is 16.4 Å². The van der Waals surface area contributed by atoms with Gasteiger partial charge in [0.1, 0.15) is 0 Å². The van der Waals surface area contributed by atoms with Gasteiger partial charge in [0, 0.05) is 23.4 Å². The number of aryl methyl sites for hydroxylation is 1. The standard InChI is InChI=1S/C22H23N3O2S/c1-2-24-21(26)12-7-15-5-8-16(9-6-15)22(27)25-19-14-17(10-11-18(19)23)20-4-3-13-28-20/h3-6,8-11,13-14H,2,7,12,23H2,1H3,(H,24,26)(H,25,27). The van der Waals surface area contributed by atoms with Crippen molar-refractivity contribution >= 4 is 34.5 Å². The van der Waals surface area contributed by atoms with Gasteiger partial charge < -0.3 is 16.4 Å². The first-order valence-corrected chi connectivity index (χ1v) is 10.0. The van der Waals surface area contributed by atoms with Crippen molar-refractivity contribution in [3.63, 3.8) is 0 Å². The van der Waals surface area contributed by atoms with Gasteiger partial charge in [0.25, 0.3) is 5.91 Å². The van der Waals surface area contributed by atoms with Crippen molar-refractivity contribution in [3.8, 4) is 10.4 Å². The van der Waals surface area contributed by atoms with Crippen LogP contribution in [0.2, 0.25) is 0 Å². The summed E-state index contributed by atoms with van der Waals surface area (Å²) >= 11 is 1.64. The SMILES string of the molecule is CCNC(=O)CCc1ccc(C(=O)Nc2cc(-c3cccs3)ccc2N)cc1. The summed E-state index contributed by atoms with van der Waals surface area (Å²) in [5.74, 6) is -0.185. The van der Waals surface area contributed by atoms with Gasteiger partial charge in [-0.2, -0.15) is 0 Å². The van der Waals surface area contributed by atoms with Crippen LogP contribution in [0.1, 0.15) is 29.3 Å². The average Bonchev–Trinajstić information content (AvgIpc) is 3.23. The van der Waals surface area contributed by atoms with E-state index < -0.39 is 0 Å². The zero-order valence-electron chi connectivity index (χ0n) is 15.7. The van der Waals surface area contributed by atoms with Crippen molar-refractivity contribution in [1.29, 1.82) is 0 Å². The lowest BCUT2D eigenvalue weighted by molar-refractivity contribution is -0.120. The number of carbonyl (C=O) groups is 2. The van der Waals surface area contributed by atoms with E-state index in [1.165, 1.54) is 0 Å². The number of amides is 2. The van der Waals surface area contributed by atoms with Crippen molar-refractivity contribution in [1.82, 2.24) is 5.32 Å². The second-order valence-corrected chi connectivity index (χ2v) is 7.33. The third-order valence-corrected chi connectivity index (χ3v) is 5.26. The van der Waals surface area contributed by atoms with Gasteiger partial charge in [-0.25, -0.2) is 0 Å². The first kappa shape index (κ1) is 19.6. The molecule has 144 valence electrons. The van der Waals surface area contributed by atoms with Crippen LogP contribution in [-0.4, -0.2) is 18.4 Å². The van der Waals surface area contributed by atoms with Gasteiger partial charge in [-0.1, -0.05) is 24.3 Å². The third-order valence-electron chi connectivity index (χ3n) is 4.34. The predicted octanol–water partition coefficient (Wildman–Crippen LogP) is 4.32. The largest absolute Gasteiger partial charge is 0.397 e. The fourth-order valence-corrected chi connectivity index (χ4v) is 3.55. The molecule has 0 fully saturated rings. The number of hydrogen-bond donors (Lipinski definition) is 3. The number of carbonyl (C=O) groups excluding carboxylic acids is 2. The number of benzene rings is 2. The molecular weight excluding hydrogens is 370 g/mol. The molecule has 0 radical (unpaired) electrons. The van der Waals surface area contributed by atoms with Gasteiger partial charge in [0.05, 0.1) is 11.4 Å². The number of nitrogen functional groups attached to an aromatic ring is 1. The lowest BCUT2D eigenvalue weighted by Gasteiger charge is -2.10. The van der Waals surface area contributed by atoms with Gasteiger partial charge in [-0.15, -0.1) is 11.3 Å². The topological polar surface area (TPSA) is 84.2 Å². The van der Waals surface area contributed by atoms with Crippen LogP contribution in [0, 0.1) is 0 Å². The van der Waals surface area contributed by atoms with Crippen LogP contribution in [0.15, 0.2) is 60.0 Å². The summed E-state index contributed by atoms with van der Waals surface area (Å²) in [7, 11) is 0. The Kier molecular flexibility index (Phi) is 6.45. The fraction of sp³-hybridized carbons (Fsp3) is 0.182. The van der Waals surface area contributed by atoms with Crippen molar-refractivity contribution < 1.29 is 9.59 Å². The molecule has 0 unspecified atom stereocenters. The number of anilines is 2. The molecule has 1 heterocycles. The maximum atomic E-state index is 12.6. The lowest BCUT2D eigenvalue weighted by atomic mass is 10.1. The van der Waals surface area contributed by atoms with Crippen LogP contribution in [-0.2, 0) is 11.2 Å². The van der Waals surface area contributed by atoms with E-state index in [0.717, 1.165) is 16.0 Å². The molecule has 3 rings (SSSR count). The summed E-state index contributed by atoms with van der Waals surface area (Å²) in [4.78, 5) is 25.3. The number of nitrogens with one attached hydrogen (secondary N) is 2. The molecule has 1 aromatic heterocycles. The predicted molar refractivity (Wildman–Crippen MR) is 116 cm³/mol. The quantitative estimate of drug-likeness (QED) is 0.523. The highest BCUT2D eigenvalue weighted by molar-refractivity contribution is 7.13. The third kappa shape index (κ3) is 4.98. The van der Waals surface area contributed by atoms with Crippen molar-refractivity contribution in [2.75, 3.05) is 17.6 Å². The molecule has 5 nitrogen and oxygen atoms in total. The zero-order valence-corrected chi connectivity index (χ0v) is 16.5. The zero-order chi connectivity index (χ0) is 19.9. The Hall–Kier alpha value is -3.12. The molecule has 0 saturated carbocycles. The molecule has 4 N–H and O–H groups in total. The molecule has 0 aliphatic heterocycles. The van der Waals surface area contributed by atoms with Crippen LogP contribution in [0.25, 0.3) is 10.4 Å². The highest BCUT2D eigenvalue weighted by Gasteiger charge is 2.10. The fourth-order valence-electron chi connectivity index (χ4n) is 2.82. The minimum atomic E-state index is -0.217. The van der Waals surface area contributed by atoms with E-state index in [1.807, 2.05) is 48.7 Å². The van der Waals surface area contributed by atoms with Crippen LogP contribution in [0.4, 0.5) is 11.4 Å². The van der Waals surface area contributed by atoms with E-state index in [2.05, 4.69) is 10.6 Å². The molecule has 28 heavy (non-hydrogen) atoms. The maximum absolute atomic E-state index is 12.6. The van der Waals surface area contributed by atoms with E-state index >= 15 is 0 Å². The van der Waals surface area contributed by atoms with Crippen molar-refractivity contribution in [2.45, 2.75) is 19.8 Å². The summed E-state index contributed by atoms with van der Waals surface area (Å²) in [6.45, 7) is 2.53. The smallest absolute Gasteiger partial charge is 0.255 e. The van der Waals surface area contributed by atoms with Crippen LogP contribution in [0.3, 0.4) is 0 Å². The van der Waals surface area contributed by atoms with E-state index in [1.54, 1.807) is 29.5 Å². The van der Waals surface area contributed by atoms with Gasteiger partial charge >= 0.3 is 0 Å². The van der Waals surface area contributed by atoms with Gasteiger partial charge in [-0.3, -0.25) is 9.59 Å². The Morgan fingerprint density at radius 3 is 2.54 bits per heavy atom. The summed E-state index contributed by atoms with van der Waals surface area (Å²) in [6.07, 6.45) is 1.08. The van der Waals surface area contributed by atoms with E-state index in [0.29, 0.717) is 36.3 Å². The second kappa shape index (κ2) is 9.19. The van der Waals surface area contributed by atoms with Crippen molar-refractivity contribution in [2.24, 2.45) is 0 Å². The molecule has 3 aromatic rings. The molecule has 0 aliphatic carbocycles.